The highest BCUT2D eigenvalue weighted by Crippen LogP contribution is 2.40. The molecular formula is C13H18N4O3. The van der Waals surface area contributed by atoms with Gasteiger partial charge in [0.05, 0.1) is 23.2 Å². The Bertz CT molecular complexity index is 536. The fourth-order valence-electron chi connectivity index (χ4n) is 3.32. The van der Waals surface area contributed by atoms with E-state index in [4.69, 9.17) is 0 Å². The van der Waals surface area contributed by atoms with Gasteiger partial charge in [0.2, 0.25) is 0 Å². The number of fused-ring (bicyclic) bond motifs is 1. The van der Waals surface area contributed by atoms with Gasteiger partial charge in [-0.2, -0.15) is 0 Å². The highest BCUT2D eigenvalue weighted by Gasteiger charge is 2.42. The second-order valence-corrected chi connectivity index (χ2v) is 5.55. The summed E-state index contributed by atoms with van der Waals surface area (Å²) in [5.74, 6) is 1.86. The van der Waals surface area contributed by atoms with Crippen LogP contribution in [0.25, 0.3) is 0 Å². The molecule has 3 rings (SSSR count). The Morgan fingerprint density at radius 1 is 1.45 bits per heavy atom. The molecule has 7 heteroatoms. The van der Waals surface area contributed by atoms with Crippen LogP contribution < -0.4 is 10.2 Å². The first kappa shape index (κ1) is 13.1. The molecule has 2 heterocycles. The van der Waals surface area contributed by atoms with Crippen LogP contribution in [0.3, 0.4) is 0 Å². The number of aliphatic hydroxyl groups excluding tert-OH is 1. The third-order valence-electron chi connectivity index (χ3n) is 4.41. The summed E-state index contributed by atoms with van der Waals surface area (Å²) in [4.78, 5) is 17.0. The van der Waals surface area contributed by atoms with Crippen LogP contribution in [0.1, 0.15) is 12.8 Å². The van der Waals surface area contributed by atoms with E-state index in [1.54, 1.807) is 7.05 Å². The Labute approximate surface area is 116 Å². The summed E-state index contributed by atoms with van der Waals surface area (Å²) in [7, 11) is 1.69. The first-order valence-electron chi connectivity index (χ1n) is 6.85. The zero-order valence-electron chi connectivity index (χ0n) is 11.3. The van der Waals surface area contributed by atoms with Gasteiger partial charge in [-0.25, -0.2) is 4.98 Å². The topological polar surface area (TPSA) is 91.5 Å². The van der Waals surface area contributed by atoms with Crippen LogP contribution in [0.5, 0.6) is 0 Å². The molecule has 1 aliphatic heterocycles. The third kappa shape index (κ3) is 2.18. The minimum absolute atomic E-state index is 0.0388. The van der Waals surface area contributed by atoms with Crippen molar-refractivity contribution in [2.24, 2.45) is 11.8 Å². The minimum atomic E-state index is -0.405. The first-order chi connectivity index (χ1) is 9.58. The average molecular weight is 278 g/mol. The lowest BCUT2D eigenvalue weighted by Crippen LogP contribution is -2.25. The molecule has 0 amide bonds. The van der Waals surface area contributed by atoms with Crippen LogP contribution >= 0.6 is 0 Å². The molecule has 2 N–H and O–H groups in total. The first-order valence-corrected chi connectivity index (χ1v) is 6.85. The molecule has 7 nitrogen and oxygen atoms in total. The van der Waals surface area contributed by atoms with Gasteiger partial charge < -0.3 is 15.3 Å². The molecule has 0 radical (unpaired) electrons. The Morgan fingerprint density at radius 3 is 2.90 bits per heavy atom. The van der Waals surface area contributed by atoms with E-state index in [-0.39, 0.29) is 17.7 Å². The Kier molecular flexibility index (Phi) is 3.21. The molecule has 20 heavy (non-hydrogen) atoms. The van der Waals surface area contributed by atoms with Gasteiger partial charge in [-0.1, -0.05) is 0 Å². The van der Waals surface area contributed by atoms with E-state index < -0.39 is 4.92 Å². The number of nitro groups is 1. The van der Waals surface area contributed by atoms with Gasteiger partial charge in [-0.05, 0) is 18.8 Å². The molecule has 3 unspecified atom stereocenters. The van der Waals surface area contributed by atoms with Gasteiger partial charge in [-0.3, -0.25) is 10.1 Å². The zero-order chi connectivity index (χ0) is 14.3. The maximum absolute atomic E-state index is 11.0. The summed E-state index contributed by atoms with van der Waals surface area (Å²) >= 11 is 0. The van der Waals surface area contributed by atoms with E-state index in [1.807, 2.05) is 4.90 Å². The van der Waals surface area contributed by atoms with E-state index >= 15 is 0 Å². The van der Waals surface area contributed by atoms with Crippen LogP contribution in [0, 0.1) is 22.0 Å². The van der Waals surface area contributed by atoms with Crippen LogP contribution in [0.4, 0.5) is 17.3 Å². The normalized spacial score (nSPS) is 28.5. The number of aliphatic hydroxyl groups is 1. The molecule has 1 saturated heterocycles. The van der Waals surface area contributed by atoms with Crippen LogP contribution in [-0.2, 0) is 0 Å². The summed E-state index contributed by atoms with van der Waals surface area (Å²) in [6, 6.07) is 2.93. The van der Waals surface area contributed by atoms with Crippen molar-refractivity contribution in [2.45, 2.75) is 18.9 Å². The van der Waals surface area contributed by atoms with Crippen molar-refractivity contribution in [3.05, 3.63) is 22.2 Å². The lowest BCUT2D eigenvalue weighted by Gasteiger charge is -2.19. The van der Waals surface area contributed by atoms with Crippen LogP contribution in [0.2, 0.25) is 0 Å². The molecule has 2 aliphatic rings. The fourth-order valence-corrected chi connectivity index (χ4v) is 3.32. The van der Waals surface area contributed by atoms with Crippen molar-refractivity contribution in [3.63, 3.8) is 0 Å². The van der Waals surface area contributed by atoms with Crippen molar-refractivity contribution >= 4 is 17.3 Å². The fraction of sp³-hybridized carbons (Fsp3) is 0.615. The number of anilines is 2. The van der Waals surface area contributed by atoms with E-state index in [2.05, 4.69) is 10.3 Å². The van der Waals surface area contributed by atoms with Crippen molar-refractivity contribution < 1.29 is 10.0 Å². The Balaban J connectivity index is 1.87. The lowest BCUT2D eigenvalue weighted by molar-refractivity contribution is -0.384. The summed E-state index contributed by atoms with van der Waals surface area (Å²) in [5.41, 5.74) is 0.0388. The largest absolute Gasteiger partial charge is 0.393 e. The molecule has 0 spiro atoms. The number of rotatable bonds is 3. The zero-order valence-corrected chi connectivity index (χ0v) is 11.3. The van der Waals surface area contributed by atoms with E-state index in [0.29, 0.717) is 17.6 Å². The van der Waals surface area contributed by atoms with Gasteiger partial charge in [0.15, 0.2) is 0 Å². The van der Waals surface area contributed by atoms with Gasteiger partial charge in [-0.15, -0.1) is 0 Å². The van der Waals surface area contributed by atoms with Gasteiger partial charge in [0.25, 0.3) is 5.69 Å². The maximum Gasteiger partial charge on any atom is 0.276 e. The Morgan fingerprint density at radius 2 is 2.25 bits per heavy atom. The number of nitrogens with one attached hydrogen (secondary N) is 1. The molecule has 3 atom stereocenters. The summed E-state index contributed by atoms with van der Waals surface area (Å²) < 4.78 is 0. The molecule has 0 bridgehead atoms. The quantitative estimate of drug-likeness (QED) is 0.638. The highest BCUT2D eigenvalue weighted by molar-refractivity contribution is 5.56. The SMILES string of the molecule is CNc1cc([N+](=O)[O-])cc(N2CC3CCC(O)C3C2)n1. The molecule has 1 saturated carbocycles. The van der Waals surface area contributed by atoms with Crippen molar-refractivity contribution in [2.75, 3.05) is 30.4 Å². The highest BCUT2D eigenvalue weighted by atomic mass is 16.6. The van der Waals surface area contributed by atoms with E-state index in [0.717, 1.165) is 25.9 Å². The molecule has 0 aromatic carbocycles. The smallest absolute Gasteiger partial charge is 0.276 e. The molecule has 2 fully saturated rings. The second kappa shape index (κ2) is 4.90. The van der Waals surface area contributed by atoms with Crippen LogP contribution in [-0.4, -0.2) is 41.3 Å². The van der Waals surface area contributed by atoms with Crippen molar-refractivity contribution in [1.82, 2.24) is 4.98 Å². The van der Waals surface area contributed by atoms with Gasteiger partial charge in [0.1, 0.15) is 11.6 Å². The minimum Gasteiger partial charge on any atom is -0.393 e. The van der Waals surface area contributed by atoms with Crippen molar-refractivity contribution in [1.29, 1.82) is 0 Å². The molecular weight excluding hydrogens is 260 g/mol. The summed E-state index contributed by atoms with van der Waals surface area (Å²) in [6.45, 7) is 1.54. The summed E-state index contributed by atoms with van der Waals surface area (Å²) in [5, 5.41) is 23.8. The van der Waals surface area contributed by atoms with E-state index in [9.17, 15) is 15.2 Å². The monoisotopic (exact) mass is 278 g/mol. The van der Waals surface area contributed by atoms with Crippen LogP contribution in [0.15, 0.2) is 12.1 Å². The van der Waals surface area contributed by atoms with Gasteiger partial charge in [0, 0.05) is 26.1 Å². The number of hydrogen-bond acceptors (Lipinski definition) is 6. The number of hydrogen-bond donors (Lipinski definition) is 2. The number of aromatic nitrogens is 1. The van der Waals surface area contributed by atoms with Crippen molar-refractivity contribution in [3.8, 4) is 0 Å². The molecule has 1 aromatic heterocycles. The summed E-state index contributed by atoms with van der Waals surface area (Å²) in [6.07, 6.45) is 1.65. The molecule has 108 valence electrons. The van der Waals surface area contributed by atoms with E-state index in [1.165, 1.54) is 12.1 Å². The second-order valence-electron chi connectivity index (χ2n) is 5.55. The predicted octanol–water partition coefficient (Wildman–Crippen LogP) is 1.24. The number of nitrogens with zero attached hydrogens (tertiary/aromatic N) is 3. The molecule has 1 aromatic rings. The third-order valence-corrected chi connectivity index (χ3v) is 4.41. The maximum atomic E-state index is 11.0. The lowest BCUT2D eigenvalue weighted by atomic mass is 10.00. The Hall–Kier alpha value is -1.89. The average Bonchev–Trinajstić information content (AvgIpc) is 3.01. The predicted molar refractivity (Wildman–Crippen MR) is 74.9 cm³/mol. The number of pyridine rings is 1. The van der Waals surface area contributed by atoms with Gasteiger partial charge >= 0.3 is 0 Å². The standard InChI is InChI=1S/C13H18N4O3/c1-14-12-4-9(17(19)20)5-13(15-12)16-6-8-2-3-11(18)10(8)7-16/h4-5,8,10-11,18H,2-3,6-7H2,1H3,(H,14,15). The molecule has 1 aliphatic carbocycles.